The molecule has 0 aliphatic rings. The highest BCUT2D eigenvalue weighted by atomic mass is 35.5. The van der Waals surface area contributed by atoms with E-state index in [0.717, 1.165) is 11.3 Å². The van der Waals surface area contributed by atoms with Crippen LogP contribution in [0.4, 0.5) is 5.82 Å². The van der Waals surface area contributed by atoms with Crippen LogP contribution in [-0.2, 0) is 0 Å². The Balaban J connectivity index is 2.44. The highest BCUT2D eigenvalue weighted by Crippen LogP contribution is 2.30. The van der Waals surface area contributed by atoms with Crippen molar-refractivity contribution in [2.24, 2.45) is 0 Å². The van der Waals surface area contributed by atoms with E-state index in [1.807, 2.05) is 50.1 Å². The number of hydrogen-bond acceptors (Lipinski definition) is 3. The first-order chi connectivity index (χ1) is 9.91. The number of benzene rings is 1. The minimum atomic E-state index is -0.990. The standard InChI is InChI=1S/C16H17ClN2O2/c1-10-8-9-13(16(20)21)15(18-10)19(3)11(2)12-6-4-5-7-14(12)17/h4-9,11H,1-3H3,(H,20,21). The van der Waals surface area contributed by atoms with Gasteiger partial charge in [-0.05, 0) is 37.6 Å². The van der Waals surface area contributed by atoms with Crippen LogP contribution in [0.25, 0.3) is 0 Å². The molecule has 0 spiro atoms. The maximum atomic E-state index is 11.4. The molecule has 0 saturated heterocycles. The second-order valence-electron chi connectivity index (χ2n) is 4.94. The number of carbonyl (C=O) groups is 1. The van der Waals surface area contributed by atoms with Crippen molar-refractivity contribution in [2.45, 2.75) is 19.9 Å². The number of rotatable bonds is 4. The van der Waals surface area contributed by atoms with E-state index in [1.54, 1.807) is 12.1 Å². The summed E-state index contributed by atoms with van der Waals surface area (Å²) in [5.41, 5.74) is 1.89. The fourth-order valence-corrected chi connectivity index (χ4v) is 2.48. The van der Waals surface area contributed by atoms with Crippen LogP contribution in [0.3, 0.4) is 0 Å². The van der Waals surface area contributed by atoms with E-state index >= 15 is 0 Å². The minimum Gasteiger partial charge on any atom is -0.478 e. The smallest absolute Gasteiger partial charge is 0.339 e. The molecule has 0 saturated carbocycles. The van der Waals surface area contributed by atoms with Crippen LogP contribution in [0.15, 0.2) is 36.4 Å². The summed E-state index contributed by atoms with van der Waals surface area (Å²) in [4.78, 5) is 17.6. The molecule has 110 valence electrons. The third kappa shape index (κ3) is 3.16. The van der Waals surface area contributed by atoms with Crippen molar-refractivity contribution in [3.05, 3.63) is 58.2 Å². The molecular formula is C16H17ClN2O2. The third-order valence-electron chi connectivity index (χ3n) is 3.52. The van der Waals surface area contributed by atoms with Gasteiger partial charge in [0, 0.05) is 17.8 Å². The molecule has 5 heteroatoms. The van der Waals surface area contributed by atoms with Gasteiger partial charge in [0.05, 0.1) is 6.04 Å². The normalized spacial score (nSPS) is 12.0. The van der Waals surface area contributed by atoms with Crippen LogP contribution in [0, 0.1) is 6.92 Å². The van der Waals surface area contributed by atoms with Gasteiger partial charge in [-0.1, -0.05) is 29.8 Å². The van der Waals surface area contributed by atoms with Crippen molar-refractivity contribution in [1.29, 1.82) is 0 Å². The average molecular weight is 305 g/mol. The zero-order valence-electron chi connectivity index (χ0n) is 12.2. The molecule has 1 aromatic carbocycles. The Kier molecular flexibility index (Phi) is 4.48. The predicted octanol–water partition coefficient (Wildman–Crippen LogP) is 3.94. The molecule has 0 radical (unpaired) electrons. The van der Waals surface area contributed by atoms with Crippen molar-refractivity contribution in [3.8, 4) is 0 Å². The van der Waals surface area contributed by atoms with Crippen molar-refractivity contribution >= 4 is 23.4 Å². The number of aromatic nitrogens is 1. The van der Waals surface area contributed by atoms with Gasteiger partial charge in [0.2, 0.25) is 0 Å². The Morgan fingerprint density at radius 3 is 2.57 bits per heavy atom. The fraction of sp³-hybridized carbons (Fsp3) is 0.250. The molecule has 21 heavy (non-hydrogen) atoms. The second kappa shape index (κ2) is 6.14. The van der Waals surface area contributed by atoms with Crippen LogP contribution in [0.5, 0.6) is 0 Å². The van der Waals surface area contributed by atoms with E-state index in [4.69, 9.17) is 11.6 Å². The van der Waals surface area contributed by atoms with Gasteiger partial charge < -0.3 is 10.0 Å². The monoisotopic (exact) mass is 304 g/mol. The van der Waals surface area contributed by atoms with E-state index in [0.29, 0.717) is 10.8 Å². The molecule has 0 aliphatic carbocycles. The van der Waals surface area contributed by atoms with Gasteiger partial charge in [-0.3, -0.25) is 0 Å². The van der Waals surface area contributed by atoms with Gasteiger partial charge >= 0.3 is 5.97 Å². The number of nitrogens with zero attached hydrogens (tertiary/aromatic N) is 2. The van der Waals surface area contributed by atoms with Gasteiger partial charge in [0.1, 0.15) is 11.4 Å². The zero-order chi connectivity index (χ0) is 15.6. The van der Waals surface area contributed by atoms with Gasteiger partial charge in [-0.25, -0.2) is 9.78 Å². The summed E-state index contributed by atoms with van der Waals surface area (Å²) in [6.45, 7) is 3.81. The maximum Gasteiger partial charge on any atom is 0.339 e. The van der Waals surface area contributed by atoms with Gasteiger partial charge in [0.25, 0.3) is 0 Å². The zero-order valence-corrected chi connectivity index (χ0v) is 12.9. The molecule has 1 unspecified atom stereocenters. The van der Waals surface area contributed by atoms with E-state index < -0.39 is 5.97 Å². The number of carboxylic acids is 1. The SMILES string of the molecule is Cc1ccc(C(=O)O)c(N(C)C(C)c2ccccc2Cl)n1. The summed E-state index contributed by atoms with van der Waals surface area (Å²) in [5, 5.41) is 9.97. The van der Waals surface area contributed by atoms with Crippen molar-refractivity contribution in [3.63, 3.8) is 0 Å². The quantitative estimate of drug-likeness (QED) is 0.929. The Bertz CT molecular complexity index is 673. The number of aryl methyl sites for hydroxylation is 1. The second-order valence-corrected chi connectivity index (χ2v) is 5.34. The number of carboxylic acid groups (broad SMARTS) is 1. The largest absolute Gasteiger partial charge is 0.478 e. The Morgan fingerprint density at radius 2 is 1.95 bits per heavy atom. The fourth-order valence-electron chi connectivity index (χ4n) is 2.18. The topological polar surface area (TPSA) is 53.4 Å². The molecule has 0 aliphatic heterocycles. The molecule has 1 heterocycles. The maximum absolute atomic E-state index is 11.4. The van der Waals surface area contributed by atoms with Gasteiger partial charge in [0.15, 0.2) is 0 Å². The van der Waals surface area contributed by atoms with Crippen molar-refractivity contribution in [1.82, 2.24) is 4.98 Å². The lowest BCUT2D eigenvalue weighted by molar-refractivity contribution is 0.0697. The summed E-state index contributed by atoms with van der Waals surface area (Å²) in [7, 11) is 1.82. The van der Waals surface area contributed by atoms with Gasteiger partial charge in [-0.2, -0.15) is 0 Å². The van der Waals surface area contributed by atoms with Gasteiger partial charge in [-0.15, -0.1) is 0 Å². The summed E-state index contributed by atoms with van der Waals surface area (Å²) in [5.74, 6) is -0.550. The van der Waals surface area contributed by atoms with E-state index in [2.05, 4.69) is 4.98 Å². The van der Waals surface area contributed by atoms with Crippen molar-refractivity contribution < 1.29 is 9.90 Å². The first-order valence-corrected chi connectivity index (χ1v) is 6.97. The Hall–Kier alpha value is -2.07. The summed E-state index contributed by atoms with van der Waals surface area (Å²) in [6, 6.07) is 10.7. The summed E-state index contributed by atoms with van der Waals surface area (Å²) < 4.78 is 0. The minimum absolute atomic E-state index is 0.0916. The number of aromatic carboxylic acids is 1. The number of hydrogen-bond donors (Lipinski definition) is 1. The molecule has 2 rings (SSSR count). The molecule has 0 bridgehead atoms. The van der Waals surface area contributed by atoms with E-state index in [-0.39, 0.29) is 11.6 Å². The molecule has 4 nitrogen and oxygen atoms in total. The van der Waals surface area contributed by atoms with E-state index in [9.17, 15) is 9.90 Å². The van der Waals surface area contributed by atoms with Crippen molar-refractivity contribution in [2.75, 3.05) is 11.9 Å². The number of anilines is 1. The van der Waals surface area contributed by atoms with Crippen LogP contribution in [0.1, 0.15) is 34.6 Å². The molecule has 0 amide bonds. The lowest BCUT2D eigenvalue weighted by Gasteiger charge is -2.28. The molecule has 2 aromatic rings. The predicted molar refractivity (Wildman–Crippen MR) is 84.2 cm³/mol. The number of pyridine rings is 1. The lowest BCUT2D eigenvalue weighted by Crippen LogP contribution is -2.25. The van der Waals surface area contributed by atoms with Crippen LogP contribution >= 0.6 is 11.6 Å². The highest BCUT2D eigenvalue weighted by Gasteiger charge is 2.21. The molecule has 1 aromatic heterocycles. The first-order valence-electron chi connectivity index (χ1n) is 6.60. The molecular weight excluding hydrogens is 288 g/mol. The van der Waals surface area contributed by atoms with Crippen LogP contribution in [0.2, 0.25) is 5.02 Å². The summed E-state index contributed by atoms with van der Waals surface area (Å²) in [6.07, 6.45) is 0. The average Bonchev–Trinajstić information content (AvgIpc) is 2.45. The first kappa shape index (κ1) is 15.3. The Labute approximate surface area is 129 Å². The third-order valence-corrected chi connectivity index (χ3v) is 3.86. The number of halogens is 1. The van der Waals surface area contributed by atoms with E-state index in [1.165, 1.54) is 0 Å². The molecule has 0 fully saturated rings. The Morgan fingerprint density at radius 1 is 1.29 bits per heavy atom. The highest BCUT2D eigenvalue weighted by molar-refractivity contribution is 6.31. The molecule has 1 N–H and O–H groups in total. The van der Waals surface area contributed by atoms with Crippen LogP contribution in [-0.4, -0.2) is 23.1 Å². The lowest BCUT2D eigenvalue weighted by atomic mass is 10.1. The summed E-state index contributed by atoms with van der Waals surface area (Å²) >= 11 is 6.22. The van der Waals surface area contributed by atoms with Crippen LogP contribution < -0.4 is 4.90 Å². The molecule has 1 atom stereocenters.